The Kier molecular flexibility index (Phi) is 7.01. The van der Waals surface area contributed by atoms with Crippen LogP contribution in [0.1, 0.15) is 28.7 Å². The molecule has 0 saturated heterocycles. The molecule has 3 nitrogen and oxygen atoms in total. The summed E-state index contributed by atoms with van der Waals surface area (Å²) >= 11 is 0. The zero-order valence-electron chi connectivity index (χ0n) is 18.3. The molecule has 0 heterocycles. The van der Waals surface area contributed by atoms with Crippen molar-refractivity contribution >= 4 is 12.0 Å². The first kappa shape index (κ1) is 22.1. The van der Waals surface area contributed by atoms with Gasteiger partial charge in [0.1, 0.15) is 5.75 Å². The smallest absolute Gasteiger partial charge is 0.328 e. The van der Waals surface area contributed by atoms with Gasteiger partial charge in [-0.15, -0.1) is 0 Å². The average Bonchev–Trinajstić information content (AvgIpc) is 2.87. The molecule has 1 N–H and O–H groups in total. The molecule has 3 heteroatoms. The minimum absolute atomic E-state index is 0.370. The van der Waals surface area contributed by atoms with Gasteiger partial charge in [-0.3, -0.25) is 0 Å². The van der Waals surface area contributed by atoms with Crippen LogP contribution in [0.4, 0.5) is 0 Å². The number of carbonyl (C=O) groups is 1. The van der Waals surface area contributed by atoms with E-state index in [1.165, 1.54) is 16.7 Å². The number of ether oxygens (including phenoxy) is 1. The summed E-state index contributed by atoms with van der Waals surface area (Å²) in [5.41, 5.74) is 4.05. The molecule has 4 aromatic rings. The molecular weight excluding hydrogens is 408 g/mol. The fourth-order valence-electron chi connectivity index (χ4n) is 4.30. The highest BCUT2D eigenvalue weighted by molar-refractivity contribution is 5.85. The van der Waals surface area contributed by atoms with Crippen LogP contribution in [-0.4, -0.2) is 17.7 Å². The predicted molar refractivity (Wildman–Crippen MR) is 132 cm³/mol. The standard InChI is InChI=1S/C30H26O3/c31-29(32)20-19-24-11-10-18-28(23-24)33-22-21-30(25-12-4-1-5-13-25,26-14-6-2-7-15-26)27-16-8-3-9-17-27/h1-20,23H,21-22H2,(H,31,32)/b20-19+. The summed E-state index contributed by atoms with van der Waals surface area (Å²) < 4.78 is 6.19. The van der Waals surface area contributed by atoms with Gasteiger partial charge in [-0.2, -0.15) is 0 Å². The van der Waals surface area contributed by atoms with E-state index in [1.54, 1.807) is 6.08 Å². The van der Waals surface area contributed by atoms with E-state index in [1.807, 2.05) is 42.5 Å². The van der Waals surface area contributed by atoms with Crippen molar-refractivity contribution in [3.8, 4) is 5.75 Å². The third-order valence-corrected chi connectivity index (χ3v) is 5.82. The van der Waals surface area contributed by atoms with Gasteiger partial charge in [0.15, 0.2) is 0 Å². The molecule has 0 bridgehead atoms. The average molecular weight is 435 g/mol. The fourth-order valence-corrected chi connectivity index (χ4v) is 4.30. The second kappa shape index (κ2) is 10.5. The van der Waals surface area contributed by atoms with Gasteiger partial charge in [0.25, 0.3) is 0 Å². The van der Waals surface area contributed by atoms with Crippen LogP contribution in [0.5, 0.6) is 5.75 Å². The lowest BCUT2D eigenvalue weighted by Gasteiger charge is -2.36. The number of aliphatic carboxylic acids is 1. The van der Waals surface area contributed by atoms with Crippen molar-refractivity contribution in [1.29, 1.82) is 0 Å². The fraction of sp³-hybridized carbons (Fsp3) is 0.100. The Balaban J connectivity index is 1.68. The molecule has 0 saturated carbocycles. The Morgan fingerprint density at radius 1 is 0.727 bits per heavy atom. The molecule has 0 amide bonds. The molecule has 4 aromatic carbocycles. The molecule has 0 spiro atoms. The van der Waals surface area contributed by atoms with Gasteiger partial charge >= 0.3 is 5.97 Å². The zero-order valence-corrected chi connectivity index (χ0v) is 18.3. The molecule has 0 aliphatic heterocycles. The number of carboxylic acids is 1. The van der Waals surface area contributed by atoms with Gasteiger partial charge in [-0.05, 0) is 46.9 Å². The number of hydrogen-bond acceptors (Lipinski definition) is 2. The van der Waals surface area contributed by atoms with E-state index in [2.05, 4.69) is 72.8 Å². The van der Waals surface area contributed by atoms with Crippen molar-refractivity contribution < 1.29 is 14.6 Å². The summed E-state index contributed by atoms with van der Waals surface area (Å²) in [6, 6.07) is 39.1. The van der Waals surface area contributed by atoms with Crippen LogP contribution in [0, 0.1) is 0 Å². The van der Waals surface area contributed by atoms with Gasteiger partial charge in [0.05, 0.1) is 6.61 Å². The number of hydrogen-bond donors (Lipinski definition) is 1. The molecule has 4 rings (SSSR count). The van der Waals surface area contributed by atoms with E-state index in [0.717, 1.165) is 18.1 Å². The van der Waals surface area contributed by atoms with Gasteiger partial charge in [0, 0.05) is 11.5 Å². The first-order valence-corrected chi connectivity index (χ1v) is 11.0. The molecule has 0 atom stereocenters. The number of benzene rings is 4. The lowest BCUT2D eigenvalue weighted by Crippen LogP contribution is -2.31. The van der Waals surface area contributed by atoms with E-state index in [-0.39, 0.29) is 5.41 Å². The zero-order chi connectivity index (χ0) is 22.9. The summed E-state index contributed by atoms with van der Waals surface area (Å²) in [7, 11) is 0. The summed E-state index contributed by atoms with van der Waals surface area (Å²) in [5.74, 6) is -0.259. The molecule has 0 radical (unpaired) electrons. The van der Waals surface area contributed by atoms with Crippen molar-refractivity contribution in [2.75, 3.05) is 6.61 Å². The molecule has 0 aromatic heterocycles. The maximum absolute atomic E-state index is 10.8. The van der Waals surface area contributed by atoms with Crippen LogP contribution < -0.4 is 4.74 Å². The van der Waals surface area contributed by atoms with Crippen molar-refractivity contribution in [3.05, 3.63) is 144 Å². The summed E-state index contributed by atoms with van der Waals surface area (Å²) in [5, 5.41) is 8.88. The SMILES string of the molecule is O=C(O)/C=C/c1cccc(OCCC(c2ccccc2)(c2ccccc2)c2ccccc2)c1. The van der Waals surface area contributed by atoms with Crippen LogP contribution in [0.25, 0.3) is 6.08 Å². The van der Waals surface area contributed by atoms with E-state index in [4.69, 9.17) is 9.84 Å². The molecule has 0 fully saturated rings. The Bertz CT molecular complexity index is 1100. The van der Waals surface area contributed by atoms with Crippen LogP contribution in [-0.2, 0) is 10.2 Å². The quantitative estimate of drug-likeness (QED) is 0.239. The summed E-state index contributed by atoms with van der Waals surface area (Å²) in [6.07, 6.45) is 3.43. The second-order valence-electron chi connectivity index (χ2n) is 7.85. The lowest BCUT2D eigenvalue weighted by atomic mass is 9.67. The molecule has 0 aliphatic rings. The van der Waals surface area contributed by atoms with Gasteiger partial charge in [-0.1, -0.05) is 103 Å². The Labute approximate surface area is 194 Å². The molecule has 0 aliphatic carbocycles. The highest BCUT2D eigenvalue weighted by Crippen LogP contribution is 2.42. The third kappa shape index (κ3) is 5.21. The van der Waals surface area contributed by atoms with Crippen LogP contribution in [0.3, 0.4) is 0 Å². The first-order chi connectivity index (χ1) is 16.2. The Morgan fingerprint density at radius 3 is 1.73 bits per heavy atom. The Hall–Kier alpha value is -4.11. The molecule has 33 heavy (non-hydrogen) atoms. The van der Waals surface area contributed by atoms with Crippen molar-refractivity contribution in [3.63, 3.8) is 0 Å². The third-order valence-electron chi connectivity index (χ3n) is 5.82. The summed E-state index contributed by atoms with van der Waals surface area (Å²) in [6.45, 7) is 0.491. The molecule has 164 valence electrons. The van der Waals surface area contributed by atoms with E-state index >= 15 is 0 Å². The second-order valence-corrected chi connectivity index (χ2v) is 7.85. The summed E-state index contributed by atoms with van der Waals surface area (Å²) in [4.78, 5) is 10.8. The van der Waals surface area contributed by atoms with E-state index in [9.17, 15) is 4.79 Å². The maximum Gasteiger partial charge on any atom is 0.328 e. The highest BCUT2D eigenvalue weighted by Gasteiger charge is 2.36. The predicted octanol–water partition coefficient (Wildman–Crippen LogP) is 6.59. The van der Waals surface area contributed by atoms with Crippen molar-refractivity contribution in [1.82, 2.24) is 0 Å². The normalized spacial score (nSPS) is 11.4. The maximum atomic E-state index is 10.8. The minimum atomic E-state index is -0.973. The van der Waals surface area contributed by atoms with Crippen molar-refractivity contribution in [2.45, 2.75) is 11.8 Å². The van der Waals surface area contributed by atoms with Gasteiger partial charge < -0.3 is 9.84 Å². The Morgan fingerprint density at radius 2 is 1.24 bits per heavy atom. The monoisotopic (exact) mass is 434 g/mol. The lowest BCUT2D eigenvalue weighted by molar-refractivity contribution is -0.131. The molecule has 0 unspecified atom stereocenters. The molecular formula is C30H26O3. The van der Waals surface area contributed by atoms with Gasteiger partial charge in [0.2, 0.25) is 0 Å². The van der Waals surface area contributed by atoms with Gasteiger partial charge in [-0.25, -0.2) is 4.79 Å². The number of carboxylic acid groups (broad SMARTS) is 1. The highest BCUT2D eigenvalue weighted by atomic mass is 16.5. The first-order valence-electron chi connectivity index (χ1n) is 11.0. The minimum Gasteiger partial charge on any atom is -0.494 e. The van der Waals surface area contributed by atoms with E-state index < -0.39 is 5.97 Å². The van der Waals surface area contributed by atoms with Crippen LogP contribution >= 0.6 is 0 Å². The topological polar surface area (TPSA) is 46.5 Å². The van der Waals surface area contributed by atoms with Crippen molar-refractivity contribution in [2.24, 2.45) is 0 Å². The largest absolute Gasteiger partial charge is 0.494 e. The van der Waals surface area contributed by atoms with E-state index in [0.29, 0.717) is 12.4 Å². The van der Waals surface area contributed by atoms with Crippen LogP contribution in [0.15, 0.2) is 121 Å². The van der Waals surface area contributed by atoms with Crippen LogP contribution in [0.2, 0.25) is 0 Å². The number of rotatable bonds is 9.